The summed E-state index contributed by atoms with van der Waals surface area (Å²) in [6.45, 7) is 4.86. The van der Waals surface area contributed by atoms with Crippen molar-refractivity contribution in [2.75, 3.05) is 0 Å². The van der Waals surface area contributed by atoms with Crippen LogP contribution in [0.2, 0.25) is 0 Å². The van der Waals surface area contributed by atoms with E-state index in [1.807, 2.05) is 30.3 Å². The second-order valence-electron chi connectivity index (χ2n) is 4.60. The van der Waals surface area contributed by atoms with Crippen LogP contribution < -0.4 is 5.32 Å². The molecular formula is C17H23NO. The zero-order valence-electron chi connectivity index (χ0n) is 11.9. The lowest BCUT2D eigenvalue weighted by molar-refractivity contribution is -0.116. The fourth-order valence-corrected chi connectivity index (χ4v) is 1.88. The zero-order valence-corrected chi connectivity index (χ0v) is 11.9. The van der Waals surface area contributed by atoms with Crippen molar-refractivity contribution in [3.63, 3.8) is 0 Å². The fraction of sp³-hybridized carbons (Fsp3) is 0.412. The molecule has 0 heterocycles. The number of carbonyl (C=O) groups excluding carboxylic acids is 1. The van der Waals surface area contributed by atoms with E-state index >= 15 is 0 Å². The molecule has 1 aromatic rings. The minimum absolute atomic E-state index is 0.0754. The highest BCUT2D eigenvalue weighted by atomic mass is 16.1. The average Bonchev–Trinajstić information content (AvgIpc) is 2.44. The molecule has 0 radical (unpaired) electrons. The Hall–Kier alpha value is -1.79. The topological polar surface area (TPSA) is 29.1 Å². The van der Waals surface area contributed by atoms with Crippen LogP contribution in [0.4, 0.5) is 0 Å². The molecule has 0 fully saturated rings. The van der Waals surface area contributed by atoms with Gasteiger partial charge in [0.05, 0.1) is 0 Å². The second-order valence-corrected chi connectivity index (χ2v) is 4.60. The van der Waals surface area contributed by atoms with Crippen molar-refractivity contribution in [2.45, 2.75) is 46.1 Å². The van der Waals surface area contributed by atoms with E-state index in [2.05, 4.69) is 24.9 Å². The van der Waals surface area contributed by atoms with Crippen LogP contribution in [0, 0.1) is 0 Å². The number of hydrogen-bond donors (Lipinski definition) is 1. The first-order valence-corrected chi connectivity index (χ1v) is 7.02. The van der Waals surface area contributed by atoms with Gasteiger partial charge in [0.2, 0.25) is 0 Å². The van der Waals surface area contributed by atoms with Gasteiger partial charge in [-0.05, 0) is 24.0 Å². The third-order valence-corrected chi connectivity index (χ3v) is 2.82. The molecule has 0 spiro atoms. The number of rotatable bonds is 7. The van der Waals surface area contributed by atoms with E-state index in [0.29, 0.717) is 6.54 Å². The van der Waals surface area contributed by atoms with E-state index < -0.39 is 0 Å². The molecule has 0 saturated heterocycles. The molecule has 0 aliphatic carbocycles. The first-order valence-electron chi connectivity index (χ1n) is 7.02. The summed E-state index contributed by atoms with van der Waals surface area (Å²) in [4.78, 5) is 11.7. The molecule has 0 aliphatic heterocycles. The van der Waals surface area contributed by atoms with Crippen LogP contribution in [-0.4, -0.2) is 5.91 Å². The molecule has 1 aromatic carbocycles. The maximum Gasteiger partial charge on any atom is 0.252 e. The number of amides is 1. The molecule has 1 N–H and O–H groups in total. The summed E-state index contributed by atoms with van der Waals surface area (Å²) in [6, 6.07) is 9.91. The Labute approximate surface area is 116 Å². The lowest BCUT2D eigenvalue weighted by Crippen LogP contribution is -2.19. The van der Waals surface area contributed by atoms with Gasteiger partial charge in [-0.1, -0.05) is 57.0 Å². The minimum Gasteiger partial charge on any atom is -0.348 e. The molecule has 2 nitrogen and oxygen atoms in total. The molecule has 1 amide bonds. The summed E-state index contributed by atoms with van der Waals surface area (Å²) in [5.74, 6) is -0.0754. The molecule has 0 aromatic heterocycles. The first kappa shape index (κ1) is 15.3. The molecule has 19 heavy (non-hydrogen) atoms. The highest BCUT2D eigenvalue weighted by Crippen LogP contribution is 2.09. The SMILES string of the molecule is CCCC(=C=CC(=O)NCc1ccccc1)CCC. The lowest BCUT2D eigenvalue weighted by atomic mass is 10.1. The van der Waals surface area contributed by atoms with Crippen LogP contribution in [0.15, 0.2) is 47.7 Å². The molecule has 102 valence electrons. The molecular weight excluding hydrogens is 234 g/mol. The Bertz CT molecular complexity index is 434. The molecule has 1 rings (SSSR count). The number of carbonyl (C=O) groups is 1. The quantitative estimate of drug-likeness (QED) is 0.581. The van der Waals surface area contributed by atoms with Crippen LogP contribution in [0.25, 0.3) is 0 Å². The third-order valence-electron chi connectivity index (χ3n) is 2.82. The van der Waals surface area contributed by atoms with Gasteiger partial charge in [-0.15, -0.1) is 5.73 Å². The Morgan fingerprint density at radius 2 is 1.79 bits per heavy atom. The van der Waals surface area contributed by atoms with E-state index in [9.17, 15) is 4.79 Å². The Kier molecular flexibility index (Phi) is 7.38. The lowest BCUT2D eigenvalue weighted by Gasteiger charge is -2.02. The summed E-state index contributed by atoms with van der Waals surface area (Å²) >= 11 is 0. The van der Waals surface area contributed by atoms with Gasteiger partial charge in [0, 0.05) is 12.6 Å². The van der Waals surface area contributed by atoms with E-state index in [1.54, 1.807) is 0 Å². The maximum atomic E-state index is 11.7. The van der Waals surface area contributed by atoms with Crippen molar-refractivity contribution in [1.29, 1.82) is 0 Å². The molecule has 0 saturated carbocycles. The van der Waals surface area contributed by atoms with Crippen molar-refractivity contribution >= 4 is 5.91 Å². The predicted molar refractivity (Wildman–Crippen MR) is 79.7 cm³/mol. The van der Waals surface area contributed by atoms with Gasteiger partial charge < -0.3 is 5.32 Å². The van der Waals surface area contributed by atoms with E-state index in [1.165, 1.54) is 11.6 Å². The molecule has 0 bridgehead atoms. The maximum absolute atomic E-state index is 11.7. The van der Waals surface area contributed by atoms with Crippen LogP contribution in [0.3, 0.4) is 0 Å². The van der Waals surface area contributed by atoms with Crippen LogP contribution >= 0.6 is 0 Å². The minimum atomic E-state index is -0.0754. The van der Waals surface area contributed by atoms with Crippen molar-refractivity contribution in [2.24, 2.45) is 0 Å². The largest absolute Gasteiger partial charge is 0.348 e. The standard InChI is InChI=1S/C17H23NO/c1-3-8-15(9-4-2)12-13-17(19)18-14-16-10-6-5-7-11-16/h5-7,10-11,13H,3-4,8-9,14H2,1-2H3,(H,18,19). The molecule has 0 atom stereocenters. The van der Waals surface area contributed by atoms with Gasteiger partial charge in [0.15, 0.2) is 0 Å². The Morgan fingerprint density at radius 3 is 2.37 bits per heavy atom. The van der Waals surface area contributed by atoms with E-state index in [4.69, 9.17) is 0 Å². The van der Waals surface area contributed by atoms with E-state index in [0.717, 1.165) is 31.2 Å². The molecule has 0 unspecified atom stereocenters. The Morgan fingerprint density at radius 1 is 1.16 bits per heavy atom. The van der Waals surface area contributed by atoms with Gasteiger partial charge >= 0.3 is 0 Å². The van der Waals surface area contributed by atoms with Gasteiger partial charge in [-0.25, -0.2) is 0 Å². The second kappa shape index (κ2) is 9.18. The average molecular weight is 257 g/mol. The molecule has 2 heteroatoms. The zero-order chi connectivity index (χ0) is 13.9. The summed E-state index contributed by atoms with van der Waals surface area (Å²) in [5, 5.41) is 2.87. The van der Waals surface area contributed by atoms with Crippen LogP contribution in [-0.2, 0) is 11.3 Å². The number of benzene rings is 1. The normalized spacial score (nSPS) is 9.58. The molecule has 0 aliphatic rings. The summed E-state index contributed by atoms with van der Waals surface area (Å²) in [7, 11) is 0. The monoisotopic (exact) mass is 257 g/mol. The summed E-state index contributed by atoms with van der Waals surface area (Å²) in [5.41, 5.74) is 5.48. The summed E-state index contributed by atoms with van der Waals surface area (Å²) < 4.78 is 0. The highest BCUT2D eigenvalue weighted by molar-refractivity contribution is 5.87. The van der Waals surface area contributed by atoms with Crippen molar-refractivity contribution in [3.8, 4) is 0 Å². The van der Waals surface area contributed by atoms with Gasteiger partial charge in [-0.3, -0.25) is 4.79 Å². The van der Waals surface area contributed by atoms with E-state index in [-0.39, 0.29) is 5.91 Å². The fourth-order valence-electron chi connectivity index (χ4n) is 1.88. The highest BCUT2D eigenvalue weighted by Gasteiger charge is 1.97. The first-order chi connectivity index (χ1) is 9.26. The smallest absolute Gasteiger partial charge is 0.252 e. The van der Waals surface area contributed by atoms with Gasteiger partial charge in [-0.2, -0.15) is 0 Å². The van der Waals surface area contributed by atoms with Crippen LogP contribution in [0.1, 0.15) is 45.1 Å². The number of hydrogen-bond acceptors (Lipinski definition) is 1. The van der Waals surface area contributed by atoms with Crippen molar-refractivity contribution in [3.05, 3.63) is 53.3 Å². The van der Waals surface area contributed by atoms with Crippen LogP contribution in [0.5, 0.6) is 0 Å². The number of nitrogens with one attached hydrogen (secondary N) is 1. The summed E-state index contributed by atoms with van der Waals surface area (Å²) in [6.07, 6.45) is 5.78. The third kappa shape index (κ3) is 6.64. The van der Waals surface area contributed by atoms with Crippen molar-refractivity contribution < 1.29 is 4.79 Å². The van der Waals surface area contributed by atoms with Crippen molar-refractivity contribution in [1.82, 2.24) is 5.32 Å². The van der Waals surface area contributed by atoms with Gasteiger partial charge in [0.25, 0.3) is 5.91 Å². The predicted octanol–water partition coefficient (Wildman–Crippen LogP) is 3.98. The van der Waals surface area contributed by atoms with Gasteiger partial charge in [0.1, 0.15) is 0 Å². The Balaban J connectivity index is 2.51.